The highest BCUT2D eigenvalue weighted by molar-refractivity contribution is 6.02. The number of carboxylic acids is 2. The van der Waals surface area contributed by atoms with Crippen LogP contribution in [0.3, 0.4) is 0 Å². The molecule has 118 valence electrons. The van der Waals surface area contributed by atoms with Crippen molar-refractivity contribution in [3.05, 3.63) is 84.9 Å². The summed E-state index contributed by atoms with van der Waals surface area (Å²) in [6.07, 6.45) is -0.806. The minimum Gasteiger partial charge on any atom is -0.481 e. The molecule has 0 spiro atoms. The Morgan fingerprint density at radius 1 is 0.696 bits per heavy atom. The van der Waals surface area contributed by atoms with Gasteiger partial charge in [0, 0.05) is 0 Å². The second-order valence-electron chi connectivity index (χ2n) is 4.65. The highest BCUT2D eigenvalue weighted by atomic mass is 16.4. The summed E-state index contributed by atoms with van der Waals surface area (Å²) in [7, 11) is 0. The van der Waals surface area contributed by atoms with Crippen LogP contribution in [0.15, 0.2) is 73.8 Å². The molecule has 0 amide bonds. The van der Waals surface area contributed by atoms with Crippen LogP contribution in [0.25, 0.3) is 11.1 Å². The van der Waals surface area contributed by atoms with Crippen LogP contribution in [0, 0.1) is 0 Å². The summed E-state index contributed by atoms with van der Waals surface area (Å²) in [5, 5.41) is 15.4. The highest BCUT2D eigenvalue weighted by Crippen LogP contribution is 2.27. The molecule has 0 aliphatic heterocycles. The topological polar surface area (TPSA) is 74.6 Å². The van der Waals surface area contributed by atoms with Crippen molar-refractivity contribution >= 4 is 23.1 Å². The minimum absolute atomic E-state index is 0.806. The smallest absolute Gasteiger partial charge is 0.314 e. The van der Waals surface area contributed by atoms with Gasteiger partial charge in [0.25, 0.3) is 0 Å². The van der Waals surface area contributed by atoms with Gasteiger partial charge in [-0.15, -0.1) is 0 Å². The molecule has 0 saturated heterocycles. The summed E-state index contributed by atoms with van der Waals surface area (Å²) in [5.41, 5.74) is 4.20. The number of hydrogen-bond donors (Lipinski definition) is 2. The van der Waals surface area contributed by atoms with Crippen LogP contribution in [0.1, 0.15) is 17.5 Å². The van der Waals surface area contributed by atoms with Crippen LogP contribution in [-0.2, 0) is 9.59 Å². The van der Waals surface area contributed by atoms with Gasteiger partial charge in [0.05, 0.1) is 0 Å². The van der Waals surface area contributed by atoms with E-state index >= 15 is 0 Å². The molecular weight excluding hydrogens is 292 g/mol. The van der Waals surface area contributed by atoms with Crippen molar-refractivity contribution in [1.82, 2.24) is 0 Å². The highest BCUT2D eigenvalue weighted by Gasteiger charge is 2.04. The Labute approximate surface area is 135 Å². The monoisotopic (exact) mass is 310 g/mol. The number of aliphatic carboxylic acids is 2. The van der Waals surface area contributed by atoms with Gasteiger partial charge in [0.1, 0.15) is 6.42 Å². The molecule has 4 heteroatoms. The van der Waals surface area contributed by atoms with E-state index in [-0.39, 0.29) is 0 Å². The molecule has 0 heterocycles. The summed E-state index contributed by atoms with van der Waals surface area (Å²) in [6.45, 7) is 8.20. The molecule has 2 N–H and O–H groups in total. The van der Waals surface area contributed by atoms with Gasteiger partial charge in [-0.3, -0.25) is 9.59 Å². The summed E-state index contributed by atoms with van der Waals surface area (Å²) >= 11 is 0. The fourth-order valence-electron chi connectivity index (χ4n) is 1.76. The molecule has 2 aromatic rings. The molecule has 0 bridgehead atoms. The second-order valence-corrected chi connectivity index (χ2v) is 4.65. The summed E-state index contributed by atoms with van der Waals surface area (Å²) < 4.78 is 0. The van der Waals surface area contributed by atoms with E-state index in [4.69, 9.17) is 10.2 Å². The largest absolute Gasteiger partial charge is 0.481 e. The Morgan fingerprint density at radius 3 is 1.22 bits per heavy atom. The number of carboxylic acid groups (broad SMARTS) is 2. The maximum atomic E-state index is 9.43. The first-order valence-electron chi connectivity index (χ1n) is 6.84. The normalized spacial score (nSPS) is 9.22. The molecule has 0 aliphatic rings. The lowest BCUT2D eigenvalue weighted by Gasteiger charge is -2.09. The predicted molar refractivity (Wildman–Crippen MR) is 90.8 cm³/mol. The number of allylic oxidation sites excluding steroid dienone is 2. The molecule has 0 unspecified atom stereocenters. The molecule has 0 saturated carbocycles. The third-order valence-electron chi connectivity index (χ3n) is 2.91. The summed E-state index contributed by atoms with van der Waals surface area (Å²) in [6, 6.07) is 20.3. The van der Waals surface area contributed by atoms with Crippen molar-refractivity contribution in [1.29, 1.82) is 0 Å². The van der Waals surface area contributed by atoms with E-state index < -0.39 is 18.4 Å². The second kappa shape index (κ2) is 9.00. The van der Waals surface area contributed by atoms with E-state index in [0.717, 1.165) is 22.3 Å². The molecule has 0 aromatic heterocycles. The van der Waals surface area contributed by atoms with Gasteiger partial charge in [-0.05, 0) is 22.3 Å². The molecular formula is C19H18O4. The molecule has 0 atom stereocenters. The third kappa shape index (κ3) is 6.44. The average molecular weight is 310 g/mol. The number of benzene rings is 2. The Kier molecular flexibility index (Phi) is 7.01. The van der Waals surface area contributed by atoms with Crippen molar-refractivity contribution in [2.24, 2.45) is 0 Å². The number of rotatable bonds is 5. The van der Waals surface area contributed by atoms with Crippen LogP contribution in [0.5, 0.6) is 0 Å². The van der Waals surface area contributed by atoms with Gasteiger partial charge in [-0.1, -0.05) is 73.8 Å². The molecule has 23 heavy (non-hydrogen) atoms. The zero-order chi connectivity index (χ0) is 17.2. The Hall–Kier alpha value is -3.14. The lowest BCUT2D eigenvalue weighted by Crippen LogP contribution is -2.03. The van der Waals surface area contributed by atoms with Crippen LogP contribution in [0.2, 0.25) is 0 Å². The van der Waals surface area contributed by atoms with Crippen molar-refractivity contribution in [2.45, 2.75) is 6.42 Å². The van der Waals surface area contributed by atoms with E-state index in [1.54, 1.807) is 0 Å². The van der Waals surface area contributed by atoms with Crippen molar-refractivity contribution in [3.8, 4) is 0 Å². The van der Waals surface area contributed by atoms with E-state index in [2.05, 4.69) is 37.4 Å². The molecule has 0 aliphatic carbocycles. The van der Waals surface area contributed by atoms with Gasteiger partial charge >= 0.3 is 11.9 Å². The zero-order valence-electron chi connectivity index (χ0n) is 12.6. The number of hydrogen-bond acceptors (Lipinski definition) is 2. The number of carbonyl (C=O) groups is 2. The van der Waals surface area contributed by atoms with E-state index in [9.17, 15) is 9.59 Å². The molecule has 0 radical (unpaired) electrons. The standard InChI is InChI=1S/C16H14.C3H4O4/c1-13(15-9-5-3-6-10-15)14(2)16-11-7-4-8-12-16;4-2(5)1-3(6)7/h3-12H,1-2H2;1H2,(H,4,5)(H,6,7). The predicted octanol–water partition coefficient (Wildman–Crippen LogP) is 3.96. The summed E-state index contributed by atoms with van der Waals surface area (Å²) in [5.74, 6) is -2.62. The average Bonchev–Trinajstić information content (AvgIpc) is 2.54. The molecule has 0 fully saturated rings. The minimum atomic E-state index is -1.31. The fraction of sp³-hybridized carbons (Fsp3) is 0.0526. The maximum absolute atomic E-state index is 9.43. The SMILES string of the molecule is C=C(C(=C)c1ccccc1)c1ccccc1.O=C(O)CC(=O)O. The van der Waals surface area contributed by atoms with E-state index in [1.165, 1.54) is 0 Å². The van der Waals surface area contributed by atoms with Crippen LogP contribution < -0.4 is 0 Å². The summed E-state index contributed by atoms with van der Waals surface area (Å²) in [4.78, 5) is 18.9. The Balaban J connectivity index is 0.000000322. The fourth-order valence-corrected chi connectivity index (χ4v) is 1.76. The third-order valence-corrected chi connectivity index (χ3v) is 2.91. The van der Waals surface area contributed by atoms with Crippen LogP contribution in [0.4, 0.5) is 0 Å². The lowest BCUT2D eigenvalue weighted by molar-refractivity contribution is -0.147. The van der Waals surface area contributed by atoms with Crippen molar-refractivity contribution in [2.75, 3.05) is 0 Å². The van der Waals surface area contributed by atoms with Crippen molar-refractivity contribution < 1.29 is 19.8 Å². The first-order chi connectivity index (χ1) is 10.9. The quantitative estimate of drug-likeness (QED) is 0.647. The van der Waals surface area contributed by atoms with Gasteiger partial charge in [0.15, 0.2) is 0 Å². The lowest BCUT2D eigenvalue weighted by atomic mass is 9.95. The first-order valence-corrected chi connectivity index (χ1v) is 6.84. The Morgan fingerprint density at radius 2 is 1.00 bits per heavy atom. The zero-order valence-corrected chi connectivity index (χ0v) is 12.6. The van der Waals surface area contributed by atoms with Crippen molar-refractivity contribution in [3.63, 3.8) is 0 Å². The Bertz CT molecular complexity index is 626. The van der Waals surface area contributed by atoms with Gasteiger partial charge in [-0.2, -0.15) is 0 Å². The van der Waals surface area contributed by atoms with Crippen LogP contribution in [-0.4, -0.2) is 22.2 Å². The molecule has 2 rings (SSSR count). The molecule has 2 aromatic carbocycles. The maximum Gasteiger partial charge on any atom is 0.314 e. The van der Waals surface area contributed by atoms with Gasteiger partial charge in [0.2, 0.25) is 0 Å². The molecule has 4 nitrogen and oxygen atoms in total. The van der Waals surface area contributed by atoms with E-state index in [1.807, 2.05) is 36.4 Å². The first kappa shape index (κ1) is 17.9. The van der Waals surface area contributed by atoms with Gasteiger partial charge < -0.3 is 10.2 Å². The van der Waals surface area contributed by atoms with Crippen LogP contribution >= 0.6 is 0 Å². The van der Waals surface area contributed by atoms with E-state index in [0.29, 0.717) is 0 Å². The van der Waals surface area contributed by atoms with Gasteiger partial charge in [-0.25, -0.2) is 0 Å².